The van der Waals surface area contributed by atoms with Gasteiger partial charge in [0.1, 0.15) is 0 Å². The van der Waals surface area contributed by atoms with Gasteiger partial charge in [-0.3, -0.25) is 0 Å². The molecular weight excluding hydrogens is 1080 g/mol. The molecule has 89 heavy (non-hydrogen) atoms. The summed E-state index contributed by atoms with van der Waals surface area (Å²) in [5.41, 5.74) is 26.2. The van der Waals surface area contributed by atoms with Crippen LogP contribution in [-0.4, -0.2) is 23.7 Å². The van der Waals surface area contributed by atoms with E-state index in [1.54, 1.807) is 0 Å². The Morgan fingerprint density at radius 1 is 0.225 bits per heavy atom. The van der Waals surface area contributed by atoms with Gasteiger partial charge in [0.2, 0.25) is 0 Å². The molecule has 0 spiro atoms. The Bertz CT molecular complexity index is 5130. The number of hydrogen-bond donors (Lipinski definition) is 0. The van der Waals surface area contributed by atoms with Crippen LogP contribution < -0.4 is 0 Å². The lowest BCUT2D eigenvalue weighted by Crippen LogP contribution is -2.03. The summed E-state index contributed by atoms with van der Waals surface area (Å²) in [6.45, 7) is 4.30. The second kappa shape index (κ2) is 21.1. The highest BCUT2D eigenvalue weighted by atomic mass is 15.0. The van der Waals surface area contributed by atoms with Gasteiger partial charge in [-0.1, -0.05) is 230 Å². The van der Waals surface area contributed by atoms with Gasteiger partial charge in [0.05, 0.1) is 50.2 Å². The molecule has 0 unspecified atom stereocenters. The molecule has 0 aliphatic carbocycles. The van der Waals surface area contributed by atoms with E-state index < -0.39 is 0 Å². The van der Waals surface area contributed by atoms with Crippen LogP contribution in [0.15, 0.2) is 309 Å². The van der Waals surface area contributed by atoms with Crippen molar-refractivity contribution in [2.24, 2.45) is 0 Å². The highest BCUT2D eigenvalue weighted by molar-refractivity contribution is 6.14. The third-order valence-corrected chi connectivity index (χ3v) is 18.0. The first-order chi connectivity index (χ1) is 43.9. The smallest absolute Gasteiger partial charge is 0.160 e. The number of fused-ring (bicyclic) bond motifs is 9. The summed E-state index contributed by atoms with van der Waals surface area (Å²) in [5.74, 6) is 0.663. The number of benzene rings is 13. The van der Waals surface area contributed by atoms with E-state index in [2.05, 4.69) is 331 Å². The minimum Gasteiger partial charge on any atom is -0.309 e. The van der Waals surface area contributed by atoms with Crippen LogP contribution in [0, 0.1) is 13.8 Å². The third kappa shape index (κ3) is 8.85. The largest absolute Gasteiger partial charge is 0.309 e. The first-order valence-electron chi connectivity index (χ1n) is 30.5. The van der Waals surface area contributed by atoms with Crippen molar-refractivity contribution in [3.05, 3.63) is 321 Å². The lowest BCUT2D eigenvalue weighted by Gasteiger charge is -2.22. The molecule has 0 N–H and O–H groups in total. The third-order valence-electron chi connectivity index (χ3n) is 18.0. The zero-order valence-electron chi connectivity index (χ0n) is 49.2. The molecule has 0 atom stereocenters. The van der Waals surface area contributed by atoms with Crippen molar-refractivity contribution >= 4 is 65.4 Å². The summed E-state index contributed by atoms with van der Waals surface area (Å²) in [6.07, 6.45) is 0. The van der Waals surface area contributed by atoms with Crippen molar-refractivity contribution in [1.82, 2.24) is 23.7 Å². The number of hydrogen-bond acceptors (Lipinski definition) is 2. The SMILES string of the molecule is Cc1ccc(-c2ccc3c(c2)c2cc(-c4ccc(C)cc4)ccc2n3-c2c(-c3ccc(-n4c5ccccc5c5ccccc54)cc3)cc(-c3cc(-c4ccccc4)nc(-c4ccccc4)n3)cc2-c2ccc(-n3c4ccccc4c4ccccc43)cc2)cc1. The maximum absolute atomic E-state index is 5.54. The number of aryl methyl sites for hydroxylation is 2. The second-order valence-electron chi connectivity index (χ2n) is 23.5. The normalized spacial score (nSPS) is 11.7. The zero-order valence-corrected chi connectivity index (χ0v) is 49.2. The molecule has 0 bridgehead atoms. The molecule has 0 amide bonds. The van der Waals surface area contributed by atoms with E-state index in [-0.39, 0.29) is 0 Å². The highest BCUT2D eigenvalue weighted by Gasteiger charge is 2.25. The van der Waals surface area contributed by atoms with E-state index in [9.17, 15) is 0 Å². The van der Waals surface area contributed by atoms with Crippen LogP contribution in [0.1, 0.15) is 11.1 Å². The van der Waals surface area contributed by atoms with E-state index in [0.717, 1.165) is 78.4 Å². The van der Waals surface area contributed by atoms with Crippen LogP contribution >= 0.6 is 0 Å². The summed E-state index contributed by atoms with van der Waals surface area (Å²) in [6, 6.07) is 113. The van der Waals surface area contributed by atoms with E-state index in [1.807, 2.05) is 6.07 Å². The van der Waals surface area contributed by atoms with Gasteiger partial charge in [-0.05, 0) is 138 Å². The molecule has 17 aromatic rings. The lowest BCUT2D eigenvalue weighted by atomic mass is 9.91. The molecule has 13 aromatic carbocycles. The Morgan fingerprint density at radius 2 is 0.562 bits per heavy atom. The van der Waals surface area contributed by atoms with Gasteiger partial charge in [0.25, 0.3) is 0 Å². The highest BCUT2D eigenvalue weighted by Crippen LogP contribution is 2.47. The van der Waals surface area contributed by atoms with Gasteiger partial charge in [-0.25, -0.2) is 9.97 Å². The molecule has 0 radical (unpaired) electrons. The van der Waals surface area contributed by atoms with Gasteiger partial charge in [0.15, 0.2) is 5.82 Å². The monoisotopic (exact) mass is 1140 g/mol. The first-order valence-corrected chi connectivity index (χ1v) is 30.5. The zero-order chi connectivity index (χ0) is 59.1. The molecule has 17 rings (SSSR count). The summed E-state index contributed by atoms with van der Waals surface area (Å²) in [4.78, 5) is 10.8. The summed E-state index contributed by atoms with van der Waals surface area (Å²) in [5, 5.41) is 7.27. The Hall–Kier alpha value is -11.7. The molecule has 0 fully saturated rings. The Kier molecular flexibility index (Phi) is 12.3. The molecule has 0 saturated heterocycles. The molecule has 418 valence electrons. The Balaban J connectivity index is 0.974. The molecule has 0 aliphatic heterocycles. The van der Waals surface area contributed by atoms with Crippen LogP contribution in [0.2, 0.25) is 0 Å². The van der Waals surface area contributed by atoms with E-state index in [0.29, 0.717) is 5.82 Å². The number of nitrogens with zero attached hydrogens (tertiary/aromatic N) is 5. The van der Waals surface area contributed by atoms with Gasteiger partial charge in [0, 0.05) is 71.5 Å². The van der Waals surface area contributed by atoms with E-state index in [4.69, 9.17) is 9.97 Å². The van der Waals surface area contributed by atoms with E-state index in [1.165, 1.54) is 87.8 Å². The minimum absolute atomic E-state index is 0.663. The minimum atomic E-state index is 0.663. The number of aromatic nitrogens is 5. The van der Waals surface area contributed by atoms with Crippen LogP contribution in [0.4, 0.5) is 0 Å². The maximum atomic E-state index is 5.54. The molecule has 0 aliphatic rings. The fourth-order valence-corrected chi connectivity index (χ4v) is 13.6. The first kappa shape index (κ1) is 51.7. The topological polar surface area (TPSA) is 40.6 Å². The lowest BCUT2D eigenvalue weighted by molar-refractivity contribution is 1.16. The second-order valence-corrected chi connectivity index (χ2v) is 23.5. The van der Waals surface area contributed by atoms with Crippen LogP contribution in [-0.2, 0) is 0 Å². The van der Waals surface area contributed by atoms with Crippen LogP contribution in [0.25, 0.3) is 161 Å². The fraction of sp³-hybridized carbons (Fsp3) is 0.0238. The molecule has 4 aromatic heterocycles. The van der Waals surface area contributed by atoms with Crippen LogP contribution in [0.5, 0.6) is 0 Å². The van der Waals surface area contributed by atoms with Crippen molar-refractivity contribution in [2.75, 3.05) is 0 Å². The Morgan fingerprint density at radius 3 is 0.978 bits per heavy atom. The molecule has 0 saturated carbocycles. The van der Waals surface area contributed by atoms with Crippen LogP contribution in [0.3, 0.4) is 0 Å². The predicted octanol–water partition coefficient (Wildman–Crippen LogP) is 22.1. The molecular formula is C84H57N5. The Labute approximate surface area is 516 Å². The average molecular weight is 1140 g/mol. The van der Waals surface area contributed by atoms with Crippen molar-refractivity contribution < 1.29 is 0 Å². The summed E-state index contributed by atoms with van der Waals surface area (Å²) >= 11 is 0. The van der Waals surface area contributed by atoms with Crippen molar-refractivity contribution in [2.45, 2.75) is 13.8 Å². The van der Waals surface area contributed by atoms with Gasteiger partial charge >= 0.3 is 0 Å². The number of para-hydroxylation sites is 4. The molecule has 4 heterocycles. The maximum Gasteiger partial charge on any atom is 0.160 e. The van der Waals surface area contributed by atoms with Gasteiger partial charge in [-0.2, -0.15) is 0 Å². The molecule has 5 heteroatoms. The number of rotatable bonds is 10. The summed E-state index contributed by atoms with van der Waals surface area (Å²) < 4.78 is 7.35. The van der Waals surface area contributed by atoms with Gasteiger partial charge < -0.3 is 13.7 Å². The fourth-order valence-electron chi connectivity index (χ4n) is 13.6. The molecule has 5 nitrogen and oxygen atoms in total. The van der Waals surface area contributed by atoms with Crippen molar-refractivity contribution in [3.8, 4) is 95.5 Å². The van der Waals surface area contributed by atoms with E-state index >= 15 is 0 Å². The van der Waals surface area contributed by atoms with Crippen molar-refractivity contribution in [1.29, 1.82) is 0 Å². The predicted molar refractivity (Wildman–Crippen MR) is 373 cm³/mol. The van der Waals surface area contributed by atoms with Gasteiger partial charge in [-0.15, -0.1) is 0 Å². The standard InChI is InChI=1S/C84H57N5/c1-54-29-33-56(34-30-54)62-41-47-81-73(49-62)74-50-63(57-35-31-55(2)32-36-57)42-48-82(74)89(81)83-71(58-37-43-65(44-38-58)87-77-25-13-9-21-67(77)68-22-10-14-26-78(68)87)51-64(76-53-75(60-17-5-3-6-18-60)85-84(86-76)61-19-7-4-8-20-61)52-72(83)59-39-45-66(46-40-59)88-79-27-15-11-23-69(79)70-24-12-16-28-80(70)88/h3-53H,1-2H3. The summed E-state index contributed by atoms with van der Waals surface area (Å²) in [7, 11) is 0. The van der Waals surface area contributed by atoms with Crippen molar-refractivity contribution in [3.63, 3.8) is 0 Å². The quantitative estimate of drug-likeness (QED) is 0.137. The average Bonchev–Trinajstić information content (AvgIpc) is 3.68.